The Balaban J connectivity index is 1.95. The molecule has 1 atom stereocenters. The van der Waals surface area contributed by atoms with Crippen molar-refractivity contribution in [1.29, 1.82) is 0 Å². The molecule has 2 N–H and O–H groups in total. The zero-order chi connectivity index (χ0) is 14.4. The normalized spacial score (nSPS) is 11.8. The van der Waals surface area contributed by atoms with Gasteiger partial charge in [-0.1, -0.05) is 35.5 Å². The number of benzene rings is 1. The van der Waals surface area contributed by atoms with E-state index in [0.29, 0.717) is 12.1 Å². The van der Waals surface area contributed by atoms with Crippen LogP contribution in [-0.4, -0.2) is 32.0 Å². The van der Waals surface area contributed by atoms with Gasteiger partial charge in [-0.3, -0.25) is 9.48 Å². The largest absolute Gasteiger partial charge is 0.479 e. The van der Waals surface area contributed by atoms with Crippen LogP contribution in [0.3, 0.4) is 0 Å². The fourth-order valence-corrected chi connectivity index (χ4v) is 1.73. The number of amides is 1. The highest BCUT2D eigenvalue weighted by molar-refractivity contribution is 5.84. The highest BCUT2D eigenvalue weighted by Crippen LogP contribution is 2.12. The average molecular weight is 274 g/mol. The van der Waals surface area contributed by atoms with E-state index in [4.69, 9.17) is 0 Å². The lowest BCUT2D eigenvalue weighted by atomic mass is 10.1. The lowest BCUT2D eigenvalue weighted by molar-refractivity contribution is -0.142. The number of carboxylic acid groups (broad SMARTS) is 1. The first-order chi connectivity index (χ1) is 9.66. The summed E-state index contributed by atoms with van der Waals surface area (Å²) in [6, 6.07) is 7.53. The fraction of sp³-hybridized carbons (Fsp3) is 0.231. The number of rotatable bonds is 6. The molecule has 0 aliphatic rings. The highest BCUT2D eigenvalue weighted by atomic mass is 16.4. The molecule has 2 rings (SSSR count). The molecule has 0 radical (unpaired) electrons. The van der Waals surface area contributed by atoms with E-state index in [9.17, 15) is 14.7 Å². The van der Waals surface area contributed by atoms with Gasteiger partial charge in [-0.05, 0) is 5.56 Å². The predicted octanol–water partition coefficient (Wildman–Crippen LogP) is 0.610. The second-order valence-electron chi connectivity index (χ2n) is 4.17. The molecule has 1 aromatic heterocycles. The molecule has 0 bridgehead atoms. The number of hydrogen-bond acceptors (Lipinski definition) is 4. The molecule has 2 aromatic rings. The van der Waals surface area contributed by atoms with E-state index >= 15 is 0 Å². The van der Waals surface area contributed by atoms with Crippen molar-refractivity contribution in [3.63, 3.8) is 0 Å². The van der Waals surface area contributed by atoms with Crippen molar-refractivity contribution >= 4 is 11.9 Å². The molecule has 1 aromatic carbocycles. The van der Waals surface area contributed by atoms with Gasteiger partial charge in [0.05, 0.1) is 12.7 Å². The topological polar surface area (TPSA) is 97.1 Å². The molecule has 104 valence electrons. The summed E-state index contributed by atoms with van der Waals surface area (Å²) < 4.78 is 1.51. The van der Waals surface area contributed by atoms with Crippen molar-refractivity contribution in [3.05, 3.63) is 48.3 Å². The summed E-state index contributed by atoms with van der Waals surface area (Å²) in [6.07, 6.45) is 3.29. The van der Waals surface area contributed by atoms with Crippen LogP contribution in [0.5, 0.6) is 0 Å². The molecule has 0 unspecified atom stereocenters. The predicted molar refractivity (Wildman–Crippen MR) is 69.6 cm³/mol. The van der Waals surface area contributed by atoms with E-state index in [0.717, 1.165) is 0 Å². The Morgan fingerprint density at radius 3 is 2.65 bits per heavy atom. The Morgan fingerprint density at radius 2 is 2.05 bits per heavy atom. The number of nitrogens with one attached hydrogen (secondary N) is 1. The summed E-state index contributed by atoms with van der Waals surface area (Å²) >= 11 is 0. The molecule has 0 aliphatic heterocycles. The van der Waals surface area contributed by atoms with Crippen LogP contribution in [0.2, 0.25) is 0 Å². The number of nitrogens with zero attached hydrogens (tertiary/aromatic N) is 3. The number of aliphatic carboxylic acids is 1. The van der Waals surface area contributed by atoms with Crippen LogP contribution in [0.1, 0.15) is 18.0 Å². The summed E-state index contributed by atoms with van der Waals surface area (Å²) in [4.78, 5) is 23.0. The molecule has 1 heterocycles. The molecule has 7 heteroatoms. The standard InChI is InChI=1S/C13H14N4O3/c18-11(6-8-17-9-7-14-16-17)15-12(13(19)20)10-4-2-1-3-5-10/h1-5,7,9,12H,6,8H2,(H,15,18)(H,19,20)/t12-/m1/s1. The number of carbonyl (C=O) groups is 2. The molecular formula is C13H14N4O3. The maximum atomic E-state index is 11.8. The lowest BCUT2D eigenvalue weighted by Gasteiger charge is -2.14. The van der Waals surface area contributed by atoms with Gasteiger partial charge in [0.15, 0.2) is 6.04 Å². The van der Waals surface area contributed by atoms with Crippen molar-refractivity contribution in [2.75, 3.05) is 0 Å². The van der Waals surface area contributed by atoms with E-state index < -0.39 is 12.0 Å². The second kappa shape index (κ2) is 6.46. The Labute approximate surface area is 115 Å². The summed E-state index contributed by atoms with van der Waals surface area (Å²) in [5, 5.41) is 19.0. The molecule has 20 heavy (non-hydrogen) atoms. The van der Waals surface area contributed by atoms with Crippen molar-refractivity contribution in [1.82, 2.24) is 20.3 Å². The first-order valence-corrected chi connectivity index (χ1v) is 6.08. The van der Waals surface area contributed by atoms with Crippen LogP contribution in [0.4, 0.5) is 0 Å². The first kappa shape index (κ1) is 13.7. The molecular weight excluding hydrogens is 260 g/mol. The van der Waals surface area contributed by atoms with Crippen LogP contribution in [-0.2, 0) is 16.1 Å². The molecule has 0 aliphatic carbocycles. The van der Waals surface area contributed by atoms with E-state index in [1.165, 1.54) is 10.9 Å². The first-order valence-electron chi connectivity index (χ1n) is 6.08. The quantitative estimate of drug-likeness (QED) is 0.804. The third kappa shape index (κ3) is 3.64. The molecule has 7 nitrogen and oxygen atoms in total. The Kier molecular flexibility index (Phi) is 4.43. The van der Waals surface area contributed by atoms with Gasteiger partial charge < -0.3 is 10.4 Å². The van der Waals surface area contributed by atoms with Crippen LogP contribution in [0.25, 0.3) is 0 Å². The number of aryl methyl sites for hydroxylation is 1. The van der Waals surface area contributed by atoms with E-state index in [1.54, 1.807) is 36.5 Å². The van der Waals surface area contributed by atoms with Crippen LogP contribution in [0, 0.1) is 0 Å². The van der Waals surface area contributed by atoms with E-state index in [2.05, 4.69) is 15.6 Å². The number of hydrogen-bond donors (Lipinski definition) is 2. The Morgan fingerprint density at radius 1 is 1.30 bits per heavy atom. The lowest BCUT2D eigenvalue weighted by Crippen LogP contribution is -2.34. The smallest absolute Gasteiger partial charge is 0.330 e. The zero-order valence-electron chi connectivity index (χ0n) is 10.6. The van der Waals surface area contributed by atoms with Crippen molar-refractivity contribution in [2.45, 2.75) is 19.0 Å². The van der Waals surface area contributed by atoms with E-state index in [-0.39, 0.29) is 12.3 Å². The molecule has 1 amide bonds. The van der Waals surface area contributed by atoms with Gasteiger partial charge in [0.25, 0.3) is 0 Å². The van der Waals surface area contributed by atoms with Crippen LogP contribution < -0.4 is 5.32 Å². The van der Waals surface area contributed by atoms with Gasteiger partial charge in [-0.2, -0.15) is 0 Å². The van der Waals surface area contributed by atoms with Crippen LogP contribution >= 0.6 is 0 Å². The SMILES string of the molecule is O=C(CCn1ccnn1)N[C@@H](C(=O)O)c1ccccc1. The number of carbonyl (C=O) groups excluding carboxylic acids is 1. The molecule has 0 spiro atoms. The second-order valence-corrected chi connectivity index (χ2v) is 4.17. The zero-order valence-corrected chi connectivity index (χ0v) is 10.6. The fourth-order valence-electron chi connectivity index (χ4n) is 1.73. The van der Waals surface area contributed by atoms with Crippen molar-refractivity contribution < 1.29 is 14.7 Å². The van der Waals surface area contributed by atoms with Gasteiger partial charge in [0.1, 0.15) is 0 Å². The van der Waals surface area contributed by atoms with Crippen LogP contribution in [0.15, 0.2) is 42.7 Å². The molecule has 0 fully saturated rings. The summed E-state index contributed by atoms with van der Waals surface area (Å²) in [5.41, 5.74) is 0.536. The highest BCUT2D eigenvalue weighted by Gasteiger charge is 2.21. The minimum atomic E-state index is -1.09. The maximum Gasteiger partial charge on any atom is 0.330 e. The van der Waals surface area contributed by atoms with Gasteiger partial charge in [0.2, 0.25) is 5.91 Å². The molecule has 0 saturated carbocycles. The Hall–Kier alpha value is -2.70. The summed E-state index contributed by atoms with van der Waals surface area (Å²) in [7, 11) is 0. The third-order valence-corrected chi connectivity index (χ3v) is 2.73. The van der Waals surface area contributed by atoms with E-state index in [1.807, 2.05) is 0 Å². The average Bonchev–Trinajstić information content (AvgIpc) is 2.96. The molecule has 0 saturated heterocycles. The van der Waals surface area contributed by atoms with Crippen molar-refractivity contribution in [2.24, 2.45) is 0 Å². The minimum Gasteiger partial charge on any atom is -0.479 e. The monoisotopic (exact) mass is 274 g/mol. The Bertz CT molecular complexity index is 569. The summed E-state index contributed by atoms with van der Waals surface area (Å²) in [5.74, 6) is -1.44. The number of carboxylic acids is 1. The van der Waals surface area contributed by atoms with Gasteiger partial charge in [0, 0.05) is 12.6 Å². The number of aromatic nitrogens is 3. The van der Waals surface area contributed by atoms with Crippen molar-refractivity contribution in [3.8, 4) is 0 Å². The minimum absolute atomic E-state index is 0.139. The van der Waals surface area contributed by atoms with Gasteiger partial charge >= 0.3 is 5.97 Å². The van der Waals surface area contributed by atoms with Gasteiger partial charge in [-0.15, -0.1) is 5.10 Å². The van der Waals surface area contributed by atoms with Gasteiger partial charge in [-0.25, -0.2) is 4.79 Å². The maximum absolute atomic E-state index is 11.8. The third-order valence-electron chi connectivity index (χ3n) is 2.73. The summed E-state index contributed by atoms with van der Waals surface area (Å²) in [6.45, 7) is 0.354.